The molecule has 0 radical (unpaired) electrons. The monoisotopic (exact) mass is 333 g/mol. The number of nitrogens with one attached hydrogen (secondary N) is 1. The number of rotatable bonds is 9. The number of hydrogen-bond donors (Lipinski definition) is 1. The van der Waals surface area contributed by atoms with Crippen LogP contribution in [0.15, 0.2) is 18.2 Å². The maximum absolute atomic E-state index is 12.0. The van der Waals surface area contributed by atoms with Crippen LogP contribution in [0.5, 0.6) is 11.5 Å². The molecule has 1 N–H and O–H groups in total. The van der Waals surface area contributed by atoms with Gasteiger partial charge >= 0.3 is 5.97 Å². The van der Waals surface area contributed by atoms with Crippen LogP contribution >= 0.6 is 0 Å². The highest BCUT2D eigenvalue weighted by Crippen LogP contribution is 2.33. The zero-order chi connectivity index (χ0) is 17.4. The Balaban J connectivity index is 2.30. The highest BCUT2D eigenvalue weighted by Gasteiger charge is 2.20. The summed E-state index contributed by atoms with van der Waals surface area (Å²) in [6.07, 6.45) is 2.04. The van der Waals surface area contributed by atoms with E-state index in [0.29, 0.717) is 36.0 Å². The van der Waals surface area contributed by atoms with Crippen molar-refractivity contribution in [3.8, 4) is 22.8 Å². The van der Waals surface area contributed by atoms with Crippen molar-refractivity contribution < 1.29 is 19.0 Å². The topological polar surface area (TPSA) is 86.3 Å². The zero-order valence-electron chi connectivity index (χ0n) is 14.3. The van der Waals surface area contributed by atoms with Crippen LogP contribution in [-0.4, -0.2) is 41.2 Å². The van der Waals surface area contributed by atoms with Gasteiger partial charge in [-0.2, -0.15) is 10.3 Å². The predicted octanol–water partition coefficient (Wildman–Crippen LogP) is 3.23. The summed E-state index contributed by atoms with van der Waals surface area (Å²) < 4.78 is 16.4. The Kier molecular flexibility index (Phi) is 6.60. The zero-order valence-corrected chi connectivity index (χ0v) is 14.3. The minimum Gasteiger partial charge on any atom is -0.490 e. The van der Waals surface area contributed by atoms with Gasteiger partial charge in [0.05, 0.1) is 19.8 Å². The van der Waals surface area contributed by atoms with Gasteiger partial charge in [0, 0.05) is 5.56 Å². The summed E-state index contributed by atoms with van der Waals surface area (Å²) in [6.45, 7) is 7.18. The molecule has 0 atom stereocenters. The number of carbonyl (C=O) groups excluding carboxylic acids is 1. The number of unbranched alkanes of at least 4 members (excludes halogenated alkanes) is 1. The fourth-order valence-electron chi connectivity index (χ4n) is 2.14. The second-order valence-corrected chi connectivity index (χ2v) is 5.04. The lowest BCUT2D eigenvalue weighted by atomic mass is 10.1. The third-order valence-corrected chi connectivity index (χ3v) is 3.29. The summed E-state index contributed by atoms with van der Waals surface area (Å²) in [5, 5.41) is 10.4. The largest absolute Gasteiger partial charge is 0.490 e. The van der Waals surface area contributed by atoms with Crippen LogP contribution in [-0.2, 0) is 4.74 Å². The van der Waals surface area contributed by atoms with Crippen molar-refractivity contribution in [3.05, 3.63) is 23.9 Å². The van der Waals surface area contributed by atoms with Gasteiger partial charge in [0.1, 0.15) is 5.69 Å². The number of H-pyrrole nitrogens is 1. The quantitative estimate of drug-likeness (QED) is 0.560. The molecule has 2 rings (SSSR count). The van der Waals surface area contributed by atoms with Gasteiger partial charge in [0.15, 0.2) is 17.2 Å². The molecule has 24 heavy (non-hydrogen) atoms. The number of aromatic amines is 1. The number of esters is 1. The van der Waals surface area contributed by atoms with Crippen LogP contribution in [0.1, 0.15) is 44.1 Å². The fourth-order valence-corrected chi connectivity index (χ4v) is 2.14. The molecule has 0 aliphatic carbocycles. The predicted molar refractivity (Wildman–Crippen MR) is 89.3 cm³/mol. The van der Waals surface area contributed by atoms with Gasteiger partial charge in [-0.15, -0.1) is 5.10 Å². The van der Waals surface area contributed by atoms with E-state index in [4.69, 9.17) is 14.2 Å². The first-order chi connectivity index (χ1) is 11.7. The van der Waals surface area contributed by atoms with Gasteiger partial charge in [-0.3, -0.25) is 0 Å². The van der Waals surface area contributed by atoms with Crippen molar-refractivity contribution in [1.29, 1.82) is 0 Å². The molecule has 1 heterocycles. The molecule has 0 bridgehead atoms. The van der Waals surface area contributed by atoms with Gasteiger partial charge < -0.3 is 14.2 Å². The van der Waals surface area contributed by atoms with Crippen molar-refractivity contribution in [2.24, 2.45) is 0 Å². The molecule has 0 amide bonds. The van der Waals surface area contributed by atoms with E-state index in [1.54, 1.807) is 13.0 Å². The molecule has 0 unspecified atom stereocenters. The molecular formula is C17H23N3O4. The van der Waals surface area contributed by atoms with E-state index < -0.39 is 5.97 Å². The van der Waals surface area contributed by atoms with Crippen molar-refractivity contribution in [3.63, 3.8) is 0 Å². The van der Waals surface area contributed by atoms with Gasteiger partial charge in [-0.05, 0) is 38.5 Å². The SMILES string of the molecule is CCCCOc1ccc(-c2n[nH]nc2C(=O)OCC)cc1OCC. The Morgan fingerprint density at radius 3 is 2.62 bits per heavy atom. The lowest BCUT2D eigenvalue weighted by Crippen LogP contribution is -2.07. The van der Waals surface area contributed by atoms with Gasteiger partial charge in [0.25, 0.3) is 0 Å². The second-order valence-electron chi connectivity index (χ2n) is 5.04. The number of aromatic nitrogens is 3. The molecule has 1 aromatic heterocycles. The van der Waals surface area contributed by atoms with E-state index in [1.807, 2.05) is 19.1 Å². The molecule has 7 heteroatoms. The number of carbonyl (C=O) groups is 1. The molecular weight excluding hydrogens is 310 g/mol. The third kappa shape index (κ3) is 4.24. The molecule has 0 saturated carbocycles. The van der Waals surface area contributed by atoms with Crippen LogP contribution < -0.4 is 9.47 Å². The molecule has 0 aliphatic heterocycles. The summed E-state index contributed by atoms with van der Waals surface area (Å²) in [7, 11) is 0. The Labute approximate surface area is 141 Å². The van der Waals surface area contributed by atoms with E-state index in [-0.39, 0.29) is 12.3 Å². The lowest BCUT2D eigenvalue weighted by Gasteiger charge is -2.13. The smallest absolute Gasteiger partial charge is 0.361 e. The van der Waals surface area contributed by atoms with E-state index in [1.165, 1.54) is 0 Å². The van der Waals surface area contributed by atoms with E-state index in [2.05, 4.69) is 22.3 Å². The standard InChI is InChI=1S/C17H23N3O4/c1-4-7-10-24-13-9-8-12(11-14(13)22-5-2)15-16(19-20-18-15)17(21)23-6-3/h8-9,11H,4-7,10H2,1-3H3,(H,18,19,20). The van der Waals surface area contributed by atoms with Gasteiger partial charge in [-0.1, -0.05) is 13.3 Å². The van der Waals surface area contributed by atoms with Gasteiger partial charge in [-0.25, -0.2) is 4.79 Å². The molecule has 1 aromatic carbocycles. The molecule has 0 aliphatic rings. The Hall–Kier alpha value is -2.57. The first-order valence-electron chi connectivity index (χ1n) is 8.19. The van der Waals surface area contributed by atoms with Crippen LogP contribution in [0.4, 0.5) is 0 Å². The summed E-state index contributed by atoms with van der Waals surface area (Å²) >= 11 is 0. The fraction of sp³-hybridized carbons (Fsp3) is 0.471. The number of nitrogens with zero attached hydrogens (tertiary/aromatic N) is 2. The maximum Gasteiger partial charge on any atom is 0.361 e. The first kappa shape index (κ1) is 17.8. The maximum atomic E-state index is 12.0. The number of ether oxygens (including phenoxy) is 3. The minimum atomic E-state index is -0.512. The van der Waals surface area contributed by atoms with Crippen molar-refractivity contribution in [2.75, 3.05) is 19.8 Å². The molecule has 7 nitrogen and oxygen atoms in total. The van der Waals surface area contributed by atoms with E-state index >= 15 is 0 Å². The number of hydrogen-bond acceptors (Lipinski definition) is 6. The van der Waals surface area contributed by atoms with Crippen molar-refractivity contribution in [2.45, 2.75) is 33.6 Å². The molecule has 0 saturated heterocycles. The average Bonchev–Trinajstić information content (AvgIpc) is 3.06. The molecule has 130 valence electrons. The third-order valence-electron chi connectivity index (χ3n) is 3.29. The Bertz CT molecular complexity index is 670. The highest BCUT2D eigenvalue weighted by atomic mass is 16.5. The lowest BCUT2D eigenvalue weighted by molar-refractivity contribution is 0.0520. The van der Waals surface area contributed by atoms with Crippen LogP contribution in [0.2, 0.25) is 0 Å². The van der Waals surface area contributed by atoms with Crippen LogP contribution in [0.25, 0.3) is 11.3 Å². The molecule has 0 fully saturated rings. The number of benzene rings is 1. The second kappa shape index (κ2) is 8.90. The summed E-state index contributed by atoms with van der Waals surface area (Å²) in [5.74, 6) is 0.779. The van der Waals surface area contributed by atoms with E-state index in [0.717, 1.165) is 12.8 Å². The van der Waals surface area contributed by atoms with Crippen molar-refractivity contribution >= 4 is 5.97 Å². The van der Waals surface area contributed by atoms with Crippen LogP contribution in [0, 0.1) is 0 Å². The summed E-state index contributed by atoms with van der Waals surface area (Å²) in [5.41, 5.74) is 1.28. The molecule has 0 spiro atoms. The van der Waals surface area contributed by atoms with Crippen molar-refractivity contribution in [1.82, 2.24) is 15.4 Å². The van der Waals surface area contributed by atoms with Gasteiger partial charge in [0.2, 0.25) is 0 Å². The normalized spacial score (nSPS) is 10.5. The first-order valence-corrected chi connectivity index (χ1v) is 8.19. The van der Waals surface area contributed by atoms with E-state index in [9.17, 15) is 4.79 Å². The van der Waals surface area contributed by atoms with Crippen LogP contribution in [0.3, 0.4) is 0 Å². The molecule has 2 aromatic rings. The Morgan fingerprint density at radius 1 is 1.08 bits per heavy atom. The Morgan fingerprint density at radius 2 is 1.92 bits per heavy atom. The minimum absolute atomic E-state index is 0.152. The summed E-state index contributed by atoms with van der Waals surface area (Å²) in [4.78, 5) is 12.0. The highest BCUT2D eigenvalue weighted by molar-refractivity contribution is 5.94. The summed E-state index contributed by atoms with van der Waals surface area (Å²) in [6, 6.07) is 5.44. The average molecular weight is 333 g/mol.